The summed E-state index contributed by atoms with van der Waals surface area (Å²) < 4.78 is 0. The van der Waals surface area contributed by atoms with Crippen molar-refractivity contribution in [1.29, 1.82) is 0 Å². The van der Waals surface area contributed by atoms with Crippen LogP contribution in [0.25, 0.3) is 0 Å². The first-order valence-electron chi connectivity index (χ1n) is 22.7. The lowest BCUT2D eigenvalue weighted by atomic mass is 9.89. The molecule has 0 bridgehead atoms. The molecule has 0 aromatic rings. The molecule has 11 N–H and O–H groups in total. The molecule has 0 spiro atoms. The van der Waals surface area contributed by atoms with Crippen LogP contribution in [0, 0.1) is 11.8 Å². The highest BCUT2D eigenvalue weighted by atomic mass is 16.4. The Morgan fingerprint density at radius 2 is 0.701 bits per heavy atom. The quantitative estimate of drug-likeness (QED) is 0.0430. The lowest BCUT2D eigenvalue weighted by Gasteiger charge is -2.37. The highest BCUT2D eigenvalue weighted by Gasteiger charge is 2.31. The minimum atomic E-state index is -1.23. The standard InChI is InChI=1S/C41H77N9O17/c1-30(29-51)40(65)31(2)34(54)23-49(22-33(53)20-43-5-8-46(26-37(59)60)13-14-48(28-39(63)64)16-18-50(17-15-43)41(66)67)21-32(52)19-42-3-6-44(24-35(55)56)9-11-47(27-38(61)62)12-10-45(7-4-42)25-36(57)58/h30-34,40,51-54,65H,3-29H2,1-2H3,(H,55,56)(H,57,58)(H,59,60)(H,61,62)(H,63,64)(H,66,67). The molecule has 0 aromatic heterocycles. The van der Waals surface area contributed by atoms with Crippen LogP contribution in [-0.4, -0.2) is 337 Å². The van der Waals surface area contributed by atoms with Gasteiger partial charge >= 0.3 is 35.9 Å². The number of nitrogens with zero attached hydrogens (tertiary/aromatic N) is 9. The molecule has 2 rings (SSSR count). The zero-order valence-electron chi connectivity index (χ0n) is 38.9. The van der Waals surface area contributed by atoms with Crippen LogP contribution in [0.3, 0.4) is 0 Å². The van der Waals surface area contributed by atoms with E-state index in [-0.39, 0.29) is 177 Å². The van der Waals surface area contributed by atoms with Gasteiger partial charge < -0.3 is 61.1 Å². The van der Waals surface area contributed by atoms with Crippen LogP contribution in [0.2, 0.25) is 0 Å². The van der Waals surface area contributed by atoms with Crippen molar-refractivity contribution in [3.8, 4) is 0 Å². The largest absolute Gasteiger partial charge is 0.480 e. The summed E-state index contributed by atoms with van der Waals surface area (Å²) in [5.41, 5.74) is 0. The molecule has 0 aromatic carbocycles. The van der Waals surface area contributed by atoms with Crippen molar-refractivity contribution in [3.63, 3.8) is 0 Å². The summed E-state index contributed by atoms with van der Waals surface area (Å²) >= 11 is 0. The minimum absolute atomic E-state index is 0.00414. The number of β-amino-alcohol motifs (C(OH)–C–C–N with tert-alkyl or cyclic N) is 2. The van der Waals surface area contributed by atoms with Gasteiger partial charge in [-0.2, -0.15) is 0 Å². The van der Waals surface area contributed by atoms with Gasteiger partial charge in [0, 0.05) is 156 Å². The molecule has 2 fully saturated rings. The molecule has 0 aliphatic carbocycles. The monoisotopic (exact) mass is 968 g/mol. The Kier molecular flexibility index (Phi) is 27.6. The molecule has 0 saturated carbocycles. The molecule has 6 unspecified atom stereocenters. The van der Waals surface area contributed by atoms with Crippen molar-refractivity contribution in [2.75, 3.05) is 177 Å². The fourth-order valence-corrected chi connectivity index (χ4v) is 8.24. The van der Waals surface area contributed by atoms with Crippen molar-refractivity contribution < 1.29 is 84.9 Å². The number of amides is 1. The van der Waals surface area contributed by atoms with Crippen molar-refractivity contribution in [1.82, 2.24) is 44.1 Å². The van der Waals surface area contributed by atoms with Gasteiger partial charge in [0.2, 0.25) is 0 Å². The number of hydrogen-bond acceptors (Lipinski definition) is 19. The molecule has 2 saturated heterocycles. The summed E-state index contributed by atoms with van der Waals surface area (Å²) in [4.78, 5) is 85.1. The average Bonchev–Trinajstić information content (AvgIpc) is 3.22. The maximum Gasteiger partial charge on any atom is 0.407 e. The van der Waals surface area contributed by atoms with Crippen LogP contribution in [0.5, 0.6) is 0 Å². The molecule has 0 radical (unpaired) electrons. The average molecular weight is 968 g/mol. The smallest absolute Gasteiger partial charge is 0.407 e. The fraction of sp³-hybridized carbons (Fsp3) is 0.854. The summed E-state index contributed by atoms with van der Waals surface area (Å²) in [7, 11) is 0. The third-order valence-corrected chi connectivity index (χ3v) is 12.2. The molecule has 2 aliphatic rings. The zero-order valence-corrected chi connectivity index (χ0v) is 38.9. The zero-order chi connectivity index (χ0) is 50.2. The van der Waals surface area contributed by atoms with E-state index in [4.69, 9.17) is 0 Å². The Hall–Kier alpha value is -3.90. The van der Waals surface area contributed by atoms with Gasteiger partial charge in [-0.05, 0) is 0 Å². The molecular formula is C41H77N9O17. The first-order valence-corrected chi connectivity index (χ1v) is 22.7. The molecule has 388 valence electrons. The van der Waals surface area contributed by atoms with Crippen LogP contribution in [0.4, 0.5) is 4.79 Å². The van der Waals surface area contributed by atoms with E-state index in [1.165, 1.54) is 4.90 Å². The van der Waals surface area contributed by atoms with Gasteiger partial charge in [-0.1, -0.05) is 13.8 Å². The van der Waals surface area contributed by atoms with E-state index in [9.17, 15) is 84.9 Å². The van der Waals surface area contributed by atoms with Gasteiger partial charge in [-0.3, -0.25) is 63.2 Å². The number of carboxylic acids is 5. The molecule has 1 amide bonds. The first-order chi connectivity index (χ1) is 31.5. The van der Waals surface area contributed by atoms with Crippen LogP contribution in [0.15, 0.2) is 0 Å². The first kappa shape index (κ1) is 59.2. The second-order valence-electron chi connectivity index (χ2n) is 17.8. The van der Waals surface area contributed by atoms with Crippen LogP contribution >= 0.6 is 0 Å². The molecule has 26 nitrogen and oxygen atoms in total. The van der Waals surface area contributed by atoms with E-state index >= 15 is 0 Å². The van der Waals surface area contributed by atoms with Crippen molar-refractivity contribution in [2.45, 2.75) is 38.3 Å². The second-order valence-corrected chi connectivity index (χ2v) is 17.8. The number of aliphatic hydroxyl groups excluding tert-OH is 5. The van der Waals surface area contributed by atoms with Gasteiger partial charge in [0.1, 0.15) is 0 Å². The summed E-state index contributed by atoms with van der Waals surface area (Å²) in [5.74, 6) is -6.83. The SMILES string of the molecule is CC(CO)C(O)C(C)C(O)CN(CC(O)CN1CCN(CC(=O)O)CCN(CC(=O)O)CCN(CC(=O)O)CC1)CC(O)CN1CCN(CC(=O)O)CCN(CC(=O)O)CCN(C(=O)O)CC1. The predicted molar refractivity (Wildman–Crippen MR) is 239 cm³/mol. The molecule has 67 heavy (non-hydrogen) atoms. The Balaban J connectivity index is 2.37. The fourth-order valence-electron chi connectivity index (χ4n) is 8.24. The Bertz CT molecular complexity index is 1490. The number of aliphatic hydroxyl groups is 5. The molecular weight excluding hydrogens is 890 g/mol. The predicted octanol–water partition coefficient (Wildman–Crippen LogP) is -5.46. The highest BCUT2D eigenvalue weighted by Crippen LogP contribution is 2.18. The minimum Gasteiger partial charge on any atom is -0.480 e. The topological polar surface area (TPSA) is 354 Å². The van der Waals surface area contributed by atoms with E-state index in [0.29, 0.717) is 0 Å². The number of carbonyl (C=O) groups is 6. The summed E-state index contributed by atoms with van der Waals surface area (Å²) in [6.07, 6.45) is -5.90. The van der Waals surface area contributed by atoms with Crippen LogP contribution in [-0.2, 0) is 24.0 Å². The number of hydrogen-bond donors (Lipinski definition) is 11. The Morgan fingerprint density at radius 3 is 0.970 bits per heavy atom. The number of rotatable bonds is 24. The Labute approximate surface area is 391 Å². The number of aliphatic carboxylic acids is 5. The van der Waals surface area contributed by atoms with E-state index < -0.39 is 72.2 Å². The number of carboxylic acid groups (broad SMARTS) is 6. The summed E-state index contributed by atoms with van der Waals surface area (Å²) in [6.45, 7) is 3.23. The van der Waals surface area contributed by atoms with Crippen LogP contribution < -0.4 is 0 Å². The van der Waals surface area contributed by atoms with Gasteiger partial charge in [-0.15, -0.1) is 0 Å². The van der Waals surface area contributed by atoms with Crippen LogP contribution in [0.1, 0.15) is 13.8 Å². The van der Waals surface area contributed by atoms with Crippen molar-refractivity contribution >= 4 is 35.9 Å². The molecule has 2 heterocycles. The van der Waals surface area contributed by atoms with Gasteiger partial charge in [0.25, 0.3) is 0 Å². The van der Waals surface area contributed by atoms with E-state index in [0.717, 1.165) is 4.90 Å². The summed E-state index contributed by atoms with van der Waals surface area (Å²) in [5, 5.41) is 113. The van der Waals surface area contributed by atoms with Crippen molar-refractivity contribution in [3.05, 3.63) is 0 Å². The lowest BCUT2D eigenvalue weighted by molar-refractivity contribution is -0.140. The van der Waals surface area contributed by atoms with Gasteiger partial charge in [-0.25, -0.2) is 4.79 Å². The third kappa shape index (κ3) is 25.3. The second kappa shape index (κ2) is 31.3. The maximum atomic E-state index is 12.2. The molecule has 26 heteroatoms. The Morgan fingerprint density at radius 1 is 0.433 bits per heavy atom. The van der Waals surface area contributed by atoms with E-state index in [2.05, 4.69) is 0 Å². The van der Waals surface area contributed by atoms with Gasteiger partial charge in [0.15, 0.2) is 0 Å². The van der Waals surface area contributed by atoms with Gasteiger partial charge in [0.05, 0.1) is 57.1 Å². The third-order valence-electron chi connectivity index (χ3n) is 12.2. The lowest BCUT2D eigenvalue weighted by Crippen LogP contribution is -2.52. The summed E-state index contributed by atoms with van der Waals surface area (Å²) in [6, 6.07) is 0. The van der Waals surface area contributed by atoms with E-state index in [1.54, 1.807) is 43.2 Å². The highest BCUT2D eigenvalue weighted by molar-refractivity contribution is 5.70. The normalized spacial score (nSPS) is 21.4. The van der Waals surface area contributed by atoms with Crippen molar-refractivity contribution in [2.24, 2.45) is 11.8 Å². The molecule has 2 aliphatic heterocycles. The van der Waals surface area contributed by atoms with E-state index in [1.807, 2.05) is 4.90 Å². The molecule has 6 atom stereocenters. The maximum absolute atomic E-state index is 12.2.